The van der Waals surface area contributed by atoms with E-state index in [0.29, 0.717) is 0 Å². The van der Waals surface area contributed by atoms with Gasteiger partial charge in [0.15, 0.2) is 5.78 Å². The molecular formula is C13H7F2NaO4S. The average Bonchev–Trinajstić information content (AvgIpc) is 2.37. The van der Waals surface area contributed by atoms with E-state index in [1.165, 1.54) is 6.07 Å². The van der Waals surface area contributed by atoms with E-state index in [4.69, 9.17) is 0 Å². The van der Waals surface area contributed by atoms with Gasteiger partial charge in [-0.2, -0.15) is 0 Å². The number of carbonyl (C=O) groups excluding carboxylic acids is 1. The van der Waals surface area contributed by atoms with Crippen molar-refractivity contribution in [2.75, 3.05) is 0 Å². The third-order valence-corrected chi connectivity index (χ3v) is 3.41. The second kappa shape index (κ2) is 6.76. The van der Waals surface area contributed by atoms with E-state index in [2.05, 4.69) is 0 Å². The van der Waals surface area contributed by atoms with E-state index in [1.54, 1.807) is 0 Å². The molecule has 21 heavy (non-hydrogen) atoms. The summed E-state index contributed by atoms with van der Waals surface area (Å²) in [6.07, 6.45) is 0. The molecule has 0 aliphatic heterocycles. The molecule has 0 fully saturated rings. The van der Waals surface area contributed by atoms with E-state index in [-0.39, 0.29) is 35.1 Å². The van der Waals surface area contributed by atoms with Crippen LogP contribution in [0, 0.1) is 11.6 Å². The average molecular weight is 320 g/mol. The Bertz CT molecular complexity index is 770. The summed E-state index contributed by atoms with van der Waals surface area (Å²) < 4.78 is 59.5. The fraction of sp³-hybridized carbons (Fsp3) is 0. The zero-order valence-electron chi connectivity index (χ0n) is 10.8. The quantitative estimate of drug-likeness (QED) is 0.417. The largest absolute Gasteiger partial charge is 1.00 e. The first-order valence-electron chi connectivity index (χ1n) is 5.35. The minimum atomic E-state index is -4.75. The van der Waals surface area contributed by atoms with E-state index in [1.807, 2.05) is 0 Å². The Hall–Kier alpha value is -1.12. The number of ketones is 1. The standard InChI is InChI=1S/C13H8F2O4S.Na/c14-10-5-2-6-11(15)12(10)13(16)8-3-1-4-9(7-8)20(17,18)19;/h1-7H,(H,17,18,19);/q;+1/p-1. The van der Waals surface area contributed by atoms with Crippen molar-refractivity contribution in [1.29, 1.82) is 0 Å². The summed E-state index contributed by atoms with van der Waals surface area (Å²) in [5.41, 5.74) is -1.08. The molecule has 104 valence electrons. The number of halogens is 2. The summed E-state index contributed by atoms with van der Waals surface area (Å²) in [4.78, 5) is 11.4. The van der Waals surface area contributed by atoms with Crippen molar-refractivity contribution < 1.29 is 56.1 Å². The van der Waals surface area contributed by atoms with Crippen LogP contribution in [0.5, 0.6) is 0 Å². The van der Waals surface area contributed by atoms with Crippen molar-refractivity contribution >= 4 is 15.9 Å². The Morgan fingerprint density at radius 3 is 2.05 bits per heavy atom. The van der Waals surface area contributed by atoms with Crippen LogP contribution in [-0.2, 0) is 10.1 Å². The molecule has 0 bridgehead atoms. The van der Waals surface area contributed by atoms with Crippen LogP contribution in [0.1, 0.15) is 15.9 Å². The van der Waals surface area contributed by atoms with Gasteiger partial charge < -0.3 is 4.55 Å². The van der Waals surface area contributed by atoms with E-state index < -0.39 is 38.0 Å². The van der Waals surface area contributed by atoms with Crippen molar-refractivity contribution in [1.82, 2.24) is 0 Å². The SMILES string of the molecule is O=C(c1cccc(S(=O)(=O)[O-])c1)c1c(F)cccc1F.[Na+]. The summed E-state index contributed by atoms with van der Waals surface area (Å²) in [7, 11) is -4.75. The van der Waals surface area contributed by atoms with Gasteiger partial charge in [0.05, 0.1) is 10.5 Å². The summed E-state index contributed by atoms with van der Waals surface area (Å²) in [6, 6.07) is 7.02. The van der Waals surface area contributed by atoms with E-state index >= 15 is 0 Å². The molecule has 2 rings (SSSR count). The maximum Gasteiger partial charge on any atom is 1.00 e. The molecule has 0 aliphatic carbocycles. The third-order valence-electron chi connectivity index (χ3n) is 2.57. The van der Waals surface area contributed by atoms with Gasteiger partial charge in [-0.05, 0) is 24.3 Å². The number of rotatable bonds is 3. The van der Waals surface area contributed by atoms with Gasteiger partial charge in [-0.15, -0.1) is 0 Å². The van der Waals surface area contributed by atoms with Crippen LogP contribution >= 0.6 is 0 Å². The number of hydrogen-bond acceptors (Lipinski definition) is 4. The second-order valence-electron chi connectivity index (χ2n) is 3.91. The molecule has 0 radical (unpaired) electrons. The van der Waals surface area contributed by atoms with Gasteiger partial charge in [-0.25, -0.2) is 17.2 Å². The fourth-order valence-corrected chi connectivity index (χ4v) is 2.17. The fourth-order valence-electron chi connectivity index (χ4n) is 1.65. The Balaban J connectivity index is 0.00000220. The molecule has 0 atom stereocenters. The van der Waals surface area contributed by atoms with E-state index in [9.17, 15) is 26.5 Å². The maximum absolute atomic E-state index is 13.5. The van der Waals surface area contributed by atoms with Crippen LogP contribution in [0.2, 0.25) is 0 Å². The third kappa shape index (κ3) is 3.96. The van der Waals surface area contributed by atoms with Gasteiger partial charge in [-0.3, -0.25) is 4.79 Å². The Labute approximate surface area is 141 Å². The van der Waals surface area contributed by atoms with Crippen LogP contribution in [-0.4, -0.2) is 18.8 Å². The zero-order valence-corrected chi connectivity index (χ0v) is 13.7. The zero-order chi connectivity index (χ0) is 14.9. The summed E-state index contributed by atoms with van der Waals surface area (Å²) in [5.74, 6) is -3.16. The summed E-state index contributed by atoms with van der Waals surface area (Å²) >= 11 is 0. The monoisotopic (exact) mass is 320 g/mol. The molecule has 0 saturated heterocycles. The Morgan fingerprint density at radius 2 is 1.52 bits per heavy atom. The van der Waals surface area contributed by atoms with Gasteiger partial charge in [0.1, 0.15) is 21.8 Å². The molecule has 0 saturated carbocycles. The molecule has 0 aromatic heterocycles. The molecule has 0 N–H and O–H groups in total. The Morgan fingerprint density at radius 1 is 1.00 bits per heavy atom. The normalized spacial score (nSPS) is 10.8. The molecular weight excluding hydrogens is 313 g/mol. The van der Waals surface area contributed by atoms with Crippen LogP contribution in [0.4, 0.5) is 8.78 Å². The van der Waals surface area contributed by atoms with Crippen molar-refractivity contribution in [3.05, 3.63) is 65.2 Å². The first-order valence-corrected chi connectivity index (χ1v) is 6.76. The van der Waals surface area contributed by atoms with Gasteiger partial charge in [0.2, 0.25) is 0 Å². The van der Waals surface area contributed by atoms with Crippen LogP contribution in [0.3, 0.4) is 0 Å². The molecule has 4 nitrogen and oxygen atoms in total. The van der Waals surface area contributed by atoms with Gasteiger partial charge in [0, 0.05) is 5.56 Å². The first kappa shape index (κ1) is 17.9. The van der Waals surface area contributed by atoms with E-state index in [0.717, 1.165) is 36.4 Å². The second-order valence-corrected chi connectivity index (χ2v) is 5.29. The molecule has 0 heterocycles. The number of benzene rings is 2. The van der Waals surface area contributed by atoms with Gasteiger partial charge >= 0.3 is 29.6 Å². The Kier molecular flexibility index (Phi) is 5.77. The van der Waals surface area contributed by atoms with Gasteiger partial charge in [-0.1, -0.05) is 18.2 Å². The molecule has 0 amide bonds. The molecule has 0 spiro atoms. The minimum absolute atomic E-state index is 0. The maximum atomic E-state index is 13.5. The van der Waals surface area contributed by atoms with Crippen LogP contribution in [0.15, 0.2) is 47.4 Å². The summed E-state index contributed by atoms with van der Waals surface area (Å²) in [5, 5.41) is 0. The first-order chi connectivity index (χ1) is 9.30. The number of hydrogen-bond donors (Lipinski definition) is 0. The van der Waals surface area contributed by atoms with Crippen molar-refractivity contribution in [2.24, 2.45) is 0 Å². The van der Waals surface area contributed by atoms with Crippen LogP contribution in [0.25, 0.3) is 0 Å². The molecule has 2 aromatic carbocycles. The topological polar surface area (TPSA) is 74.3 Å². The predicted octanol–water partition coefficient (Wildman–Crippen LogP) is -0.896. The van der Waals surface area contributed by atoms with Crippen molar-refractivity contribution in [3.8, 4) is 0 Å². The van der Waals surface area contributed by atoms with Gasteiger partial charge in [0.25, 0.3) is 0 Å². The molecule has 0 aliphatic rings. The molecule has 0 unspecified atom stereocenters. The minimum Gasteiger partial charge on any atom is -0.744 e. The smallest absolute Gasteiger partial charge is 0.744 e. The molecule has 2 aromatic rings. The number of carbonyl (C=O) groups is 1. The predicted molar refractivity (Wildman–Crippen MR) is 64.2 cm³/mol. The van der Waals surface area contributed by atoms with Crippen LogP contribution < -0.4 is 29.6 Å². The molecule has 8 heteroatoms. The van der Waals surface area contributed by atoms with Crippen molar-refractivity contribution in [2.45, 2.75) is 4.90 Å². The van der Waals surface area contributed by atoms with Crippen molar-refractivity contribution in [3.63, 3.8) is 0 Å². The summed E-state index contributed by atoms with van der Waals surface area (Å²) in [6.45, 7) is 0.